The van der Waals surface area contributed by atoms with Crippen molar-refractivity contribution in [3.05, 3.63) is 0 Å². The van der Waals surface area contributed by atoms with Crippen molar-refractivity contribution in [2.24, 2.45) is 5.16 Å². The van der Waals surface area contributed by atoms with Crippen molar-refractivity contribution in [2.75, 3.05) is 20.3 Å². The third-order valence-corrected chi connectivity index (χ3v) is 9.68. The van der Waals surface area contributed by atoms with Gasteiger partial charge in [0.25, 0.3) is 0 Å². The van der Waals surface area contributed by atoms with Crippen LogP contribution in [0, 0.1) is 0 Å². The van der Waals surface area contributed by atoms with Crippen LogP contribution in [0.15, 0.2) is 5.16 Å². The van der Waals surface area contributed by atoms with Gasteiger partial charge in [-0.3, -0.25) is 4.52 Å². The van der Waals surface area contributed by atoms with Crippen LogP contribution in [0.3, 0.4) is 0 Å². The second kappa shape index (κ2) is 9.22. The molecule has 11 heteroatoms. The number of rotatable bonds is 11. The van der Waals surface area contributed by atoms with E-state index in [9.17, 15) is 4.57 Å². The Morgan fingerprint density at radius 3 is 1.62 bits per heavy atom. The largest absolute Gasteiger partial charge is 0.455 e. The minimum Gasteiger partial charge on any atom is -0.412 e. The van der Waals surface area contributed by atoms with Gasteiger partial charge in [0.1, 0.15) is 19.4 Å². The molecule has 0 aromatic rings. The molecule has 0 saturated heterocycles. The van der Waals surface area contributed by atoms with E-state index in [2.05, 4.69) is 24.8 Å². The Balaban J connectivity index is 5.06. The molecule has 0 aliphatic carbocycles. The third kappa shape index (κ3) is 13.5. The van der Waals surface area contributed by atoms with Gasteiger partial charge in [-0.1, -0.05) is 5.16 Å². The highest BCUT2D eigenvalue weighted by Crippen LogP contribution is 2.53. The first kappa shape index (κ1) is 24.2. The van der Waals surface area contributed by atoms with Gasteiger partial charge in [-0.05, 0) is 58.9 Å². The second-order valence-corrected chi connectivity index (χ2v) is 23.9. The monoisotopic (exact) mass is 415 g/mol. The molecule has 0 rings (SSSR count). The molecule has 0 amide bonds. The average Bonchev–Trinajstić information content (AvgIpc) is 2.26. The number of phosphoric acid groups is 1. The average molecular weight is 416 g/mol. The zero-order valence-electron chi connectivity index (χ0n) is 16.8. The topological polar surface area (TPSA) is 75.6 Å². The van der Waals surface area contributed by atoms with Crippen molar-refractivity contribution in [3.8, 4) is 0 Å². The first-order valence-electron chi connectivity index (χ1n) is 7.94. The fraction of sp³-hybridized carbons (Fsp3) is 0.923. The fourth-order valence-corrected chi connectivity index (χ4v) is 8.60. The van der Waals surface area contributed by atoms with Gasteiger partial charge in [0, 0.05) is 0 Å². The molecule has 0 spiro atoms. The Bertz CT molecular complexity index is 448. The lowest BCUT2D eigenvalue weighted by Gasteiger charge is -2.30. The molecule has 0 saturated carbocycles. The van der Waals surface area contributed by atoms with E-state index in [1.54, 1.807) is 0 Å². The van der Waals surface area contributed by atoms with E-state index in [1.807, 2.05) is 39.3 Å². The highest BCUT2D eigenvalue weighted by atomic mass is 31.2. The van der Waals surface area contributed by atoms with E-state index in [4.69, 9.17) is 22.2 Å². The lowest BCUT2D eigenvalue weighted by molar-refractivity contribution is 0.197. The molecule has 7 nitrogen and oxygen atoms in total. The quantitative estimate of drug-likeness (QED) is 0.211. The molecular formula is C13H34NO6PSi3. The van der Waals surface area contributed by atoms with Crippen LogP contribution in [0.4, 0.5) is 0 Å². The van der Waals surface area contributed by atoms with Gasteiger partial charge in [-0.2, -0.15) is 0 Å². The molecule has 0 aliphatic heterocycles. The Labute approximate surface area is 150 Å². The molecule has 0 heterocycles. The summed E-state index contributed by atoms with van der Waals surface area (Å²) in [4.78, 5) is 4.83. The molecule has 0 atom stereocenters. The summed E-state index contributed by atoms with van der Waals surface area (Å²) in [7, 11) is -8.16. The van der Waals surface area contributed by atoms with Crippen molar-refractivity contribution >= 4 is 38.5 Å². The van der Waals surface area contributed by atoms with Crippen molar-refractivity contribution in [3.63, 3.8) is 0 Å². The number of hydrogen-bond donors (Lipinski definition) is 0. The molecule has 0 radical (unpaired) electrons. The first-order valence-corrected chi connectivity index (χ1v) is 19.6. The van der Waals surface area contributed by atoms with E-state index >= 15 is 0 Å². The molecule has 144 valence electrons. The molecule has 0 fully saturated rings. The molecule has 24 heavy (non-hydrogen) atoms. The van der Waals surface area contributed by atoms with E-state index in [1.165, 1.54) is 7.11 Å². The van der Waals surface area contributed by atoms with Crippen molar-refractivity contribution in [1.29, 1.82) is 0 Å². The maximum absolute atomic E-state index is 13.0. The van der Waals surface area contributed by atoms with Crippen LogP contribution in [0.2, 0.25) is 58.9 Å². The van der Waals surface area contributed by atoms with Crippen LogP contribution in [0.5, 0.6) is 0 Å². The normalized spacial score (nSPS) is 14.8. The van der Waals surface area contributed by atoms with Crippen molar-refractivity contribution in [2.45, 2.75) is 58.9 Å². The van der Waals surface area contributed by atoms with Crippen LogP contribution < -0.4 is 0 Å². The van der Waals surface area contributed by atoms with Gasteiger partial charge in [0.05, 0.1) is 6.61 Å². The summed E-state index contributed by atoms with van der Waals surface area (Å²) in [5.41, 5.74) is 0.513. The van der Waals surface area contributed by atoms with E-state index < -0.39 is 32.8 Å². The molecule has 0 N–H and O–H groups in total. The van der Waals surface area contributed by atoms with E-state index in [0.29, 0.717) is 5.71 Å². The van der Waals surface area contributed by atoms with Gasteiger partial charge in [0.15, 0.2) is 25.0 Å². The summed E-state index contributed by atoms with van der Waals surface area (Å²) in [6.07, 6.45) is 0. The summed E-state index contributed by atoms with van der Waals surface area (Å²) < 4.78 is 35.9. The minimum absolute atomic E-state index is 0.0233. The van der Waals surface area contributed by atoms with Crippen molar-refractivity contribution < 1.29 is 26.8 Å². The number of oxime groups is 1. The molecule has 0 bridgehead atoms. The fourth-order valence-electron chi connectivity index (χ4n) is 1.42. The summed E-state index contributed by atoms with van der Waals surface area (Å²) in [5, 5.41) is 3.90. The lowest BCUT2D eigenvalue weighted by atomic mass is 10.4. The van der Waals surface area contributed by atoms with Gasteiger partial charge >= 0.3 is 7.82 Å². The predicted molar refractivity (Wildman–Crippen MR) is 106 cm³/mol. The van der Waals surface area contributed by atoms with Gasteiger partial charge < -0.3 is 17.7 Å². The Hall–Kier alpha value is 0.191. The lowest BCUT2D eigenvalue weighted by Crippen LogP contribution is -2.32. The highest BCUT2D eigenvalue weighted by Gasteiger charge is 2.38. The first-order chi connectivity index (χ1) is 10.6. The Kier molecular flexibility index (Phi) is 9.29. The molecule has 0 aliphatic rings. The summed E-state index contributed by atoms with van der Waals surface area (Å²) in [6.45, 7) is 18.1. The second-order valence-electron chi connectivity index (χ2n) is 8.37. The summed E-state index contributed by atoms with van der Waals surface area (Å²) in [5.74, 6) is 0. The van der Waals surface area contributed by atoms with Gasteiger partial charge in [-0.25, -0.2) is 4.57 Å². The van der Waals surface area contributed by atoms with Crippen LogP contribution >= 0.6 is 7.82 Å². The SMILES string of the molecule is CON=C(CO[Si](C)(C)C)COP(=O)(O[Si](C)(C)C)O[Si](C)(C)C. The minimum atomic E-state index is -3.66. The number of nitrogens with zero attached hydrogens (tertiary/aromatic N) is 1. The molecule has 0 aromatic heterocycles. The zero-order chi connectivity index (χ0) is 19.2. The maximum atomic E-state index is 13.0. The van der Waals surface area contributed by atoms with Crippen LogP contribution in [-0.4, -0.2) is 51.0 Å². The standard InChI is InChI=1S/C13H34NO6PSi3/c1-16-14-13(12-18-22(2,3)4)11-17-21(15,19-23(5,6)7)20-24(8,9)10/h11-12H2,1-10H3. The van der Waals surface area contributed by atoms with E-state index in [0.717, 1.165) is 0 Å². The van der Waals surface area contributed by atoms with Crippen LogP contribution in [0.25, 0.3) is 0 Å². The van der Waals surface area contributed by atoms with Gasteiger partial charge in [-0.15, -0.1) is 0 Å². The highest BCUT2D eigenvalue weighted by molar-refractivity contribution is 7.52. The number of hydrogen-bond acceptors (Lipinski definition) is 7. The van der Waals surface area contributed by atoms with Gasteiger partial charge in [0.2, 0.25) is 0 Å². The van der Waals surface area contributed by atoms with E-state index in [-0.39, 0.29) is 13.2 Å². The predicted octanol–water partition coefficient (Wildman–Crippen LogP) is 4.67. The molecule has 0 unspecified atom stereocenters. The third-order valence-electron chi connectivity index (χ3n) is 2.05. The summed E-state index contributed by atoms with van der Waals surface area (Å²) >= 11 is 0. The maximum Gasteiger partial charge on any atom is 0.455 e. The Morgan fingerprint density at radius 1 is 0.833 bits per heavy atom. The zero-order valence-corrected chi connectivity index (χ0v) is 20.7. The molecular weight excluding hydrogens is 381 g/mol. The molecule has 0 aromatic carbocycles. The van der Waals surface area contributed by atoms with Crippen LogP contribution in [0.1, 0.15) is 0 Å². The smallest absolute Gasteiger partial charge is 0.412 e. The Morgan fingerprint density at radius 2 is 1.29 bits per heavy atom. The summed E-state index contributed by atoms with van der Waals surface area (Å²) in [6, 6.07) is 0. The van der Waals surface area contributed by atoms with Crippen LogP contribution in [-0.2, 0) is 26.8 Å². The van der Waals surface area contributed by atoms with Crippen molar-refractivity contribution in [1.82, 2.24) is 0 Å².